The van der Waals surface area contributed by atoms with E-state index < -0.39 is 0 Å². The highest BCUT2D eigenvalue weighted by Crippen LogP contribution is 2.46. The minimum Gasteiger partial charge on any atom is -0.278 e. The number of hydrogen-bond donors (Lipinski definition) is 0. The highest BCUT2D eigenvalue weighted by Gasteiger charge is 2.23. The van der Waals surface area contributed by atoms with Crippen molar-refractivity contribution in [3.8, 4) is 17.2 Å². The number of thiophene rings is 1. The summed E-state index contributed by atoms with van der Waals surface area (Å²) in [7, 11) is 0. The average molecular weight is 628 g/mol. The van der Waals surface area contributed by atoms with E-state index in [-0.39, 0.29) is 0 Å². The molecule has 0 bridgehead atoms. The minimum absolute atomic E-state index is 0.688. The molecule has 0 aliphatic heterocycles. The van der Waals surface area contributed by atoms with Crippen molar-refractivity contribution in [2.75, 3.05) is 0 Å². The summed E-state index contributed by atoms with van der Waals surface area (Å²) in [6, 6.07) is 54.6. The van der Waals surface area contributed by atoms with E-state index in [0.29, 0.717) is 5.95 Å². The lowest BCUT2D eigenvalue weighted by molar-refractivity contribution is 1.02. The minimum atomic E-state index is 0.688. The molecule has 11 rings (SSSR count). The van der Waals surface area contributed by atoms with Gasteiger partial charge >= 0.3 is 0 Å². The first-order chi connectivity index (χ1) is 23.8. The first-order valence-corrected chi connectivity index (χ1v) is 17.1. The highest BCUT2D eigenvalue weighted by atomic mass is 32.1. The van der Waals surface area contributed by atoms with Gasteiger partial charge in [-0.3, -0.25) is 4.57 Å². The molecule has 0 aliphatic rings. The van der Waals surface area contributed by atoms with E-state index >= 15 is 0 Å². The van der Waals surface area contributed by atoms with Crippen molar-refractivity contribution in [1.29, 1.82) is 0 Å². The van der Waals surface area contributed by atoms with Gasteiger partial charge in [0.05, 0.1) is 16.7 Å². The topological polar surface area (TPSA) is 30.7 Å². The lowest BCUT2D eigenvalue weighted by atomic mass is 9.91. The number of rotatable bonds is 2. The molecule has 3 aromatic heterocycles. The van der Waals surface area contributed by atoms with E-state index in [1.165, 1.54) is 63.9 Å². The SMILES string of the molecule is c1ccc(-c2nc(-n3c4ccc5ccccc5c4c4c5c6ccccc6c6ccccc6c5ccc43)nc3sc4ccccc4c23)cc1. The van der Waals surface area contributed by atoms with Crippen LogP contribution >= 0.6 is 11.3 Å². The predicted molar refractivity (Wildman–Crippen MR) is 205 cm³/mol. The molecule has 0 aliphatic carbocycles. The van der Waals surface area contributed by atoms with Crippen LogP contribution in [0.1, 0.15) is 0 Å². The molecule has 48 heavy (non-hydrogen) atoms. The van der Waals surface area contributed by atoms with E-state index in [1.807, 2.05) is 0 Å². The fourth-order valence-corrected chi connectivity index (χ4v) is 9.07. The first-order valence-electron chi connectivity index (χ1n) is 16.3. The van der Waals surface area contributed by atoms with Crippen molar-refractivity contribution in [3.05, 3.63) is 152 Å². The number of hydrogen-bond acceptors (Lipinski definition) is 3. The van der Waals surface area contributed by atoms with E-state index in [1.54, 1.807) is 11.3 Å². The fourth-order valence-electron chi connectivity index (χ4n) is 8.00. The summed E-state index contributed by atoms with van der Waals surface area (Å²) in [6.07, 6.45) is 0. The van der Waals surface area contributed by atoms with E-state index in [0.717, 1.165) is 32.5 Å². The summed E-state index contributed by atoms with van der Waals surface area (Å²) in [6.45, 7) is 0. The molecular formula is C44H25N3S. The summed E-state index contributed by atoms with van der Waals surface area (Å²) < 4.78 is 3.52. The van der Waals surface area contributed by atoms with Gasteiger partial charge in [-0.2, -0.15) is 0 Å². The number of benzene rings is 8. The van der Waals surface area contributed by atoms with Gasteiger partial charge in [-0.15, -0.1) is 11.3 Å². The van der Waals surface area contributed by atoms with Gasteiger partial charge in [0, 0.05) is 37.2 Å². The molecule has 0 fully saturated rings. The number of nitrogens with zero attached hydrogens (tertiary/aromatic N) is 3. The van der Waals surface area contributed by atoms with E-state index in [4.69, 9.17) is 9.97 Å². The van der Waals surface area contributed by atoms with Crippen LogP contribution < -0.4 is 0 Å². The van der Waals surface area contributed by atoms with Gasteiger partial charge in [-0.05, 0) is 55.9 Å². The van der Waals surface area contributed by atoms with Gasteiger partial charge in [-0.1, -0.05) is 133 Å². The van der Waals surface area contributed by atoms with Gasteiger partial charge in [0.15, 0.2) is 0 Å². The molecule has 11 aromatic rings. The third-order valence-electron chi connectivity index (χ3n) is 10.0. The molecule has 3 heterocycles. The Morgan fingerprint density at radius 2 is 0.979 bits per heavy atom. The third-order valence-corrected chi connectivity index (χ3v) is 11.1. The second-order valence-electron chi connectivity index (χ2n) is 12.5. The number of aromatic nitrogens is 3. The highest BCUT2D eigenvalue weighted by molar-refractivity contribution is 7.25. The Hall–Kier alpha value is -6.10. The lowest BCUT2D eigenvalue weighted by Crippen LogP contribution is -2.02. The van der Waals surface area contributed by atoms with Crippen molar-refractivity contribution in [3.63, 3.8) is 0 Å². The van der Waals surface area contributed by atoms with Crippen LogP contribution in [0.5, 0.6) is 0 Å². The monoisotopic (exact) mass is 627 g/mol. The quantitative estimate of drug-likeness (QED) is 0.179. The maximum Gasteiger partial charge on any atom is 0.236 e. The van der Waals surface area contributed by atoms with Gasteiger partial charge in [0.25, 0.3) is 0 Å². The van der Waals surface area contributed by atoms with Crippen molar-refractivity contribution < 1.29 is 0 Å². The molecule has 8 aromatic carbocycles. The molecule has 0 spiro atoms. The lowest BCUT2D eigenvalue weighted by Gasteiger charge is -2.13. The zero-order valence-corrected chi connectivity index (χ0v) is 26.5. The van der Waals surface area contributed by atoms with Crippen LogP contribution in [0.3, 0.4) is 0 Å². The average Bonchev–Trinajstić information content (AvgIpc) is 3.71. The molecule has 3 nitrogen and oxygen atoms in total. The molecule has 0 atom stereocenters. The van der Waals surface area contributed by atoms with Crippen molar-refractivity contribution in [2.24, 2.45) is 0 Å². The summed E-state index contributed by atoms with van der Waals surface area (Å²) in [5.41, 5.74) is 4.26. The van der Waals surface area contributed by atoms with Crippen LogP contribution in [0, 0.1) is 0 Å². The van der Waals surface area contributed by atoms with Crippen LogP contribution in [0.4, 0.5) is 0 Å². The zero-order valence-electron chi connectivity index (χ0n) is 25.7. The Morgan fingerprint density at radius 3 is 1.77 bits per heavy atom. The van der Waals surface area contributed by atoms with E-state index in [9.17, 15) is 0 Å². The summed E-state index contributed by atoms with van der Waals surface area (Å²) in [4.78, 5) is 11.8. The second-order valence-corrected chi connectivity index (χ2v) is 13.5. The normalized spacial score (nSPS) is 12.2. The van der Waals surface area contributed by atoms with E-state index in [2.05, 4.69) is 156 Å². The van der Waals surface area contributed by atoms with Crippen LogP contribution in [0.2, 0.25) is 0 Å². The Kier molecular flexibility index (Phi) is 5.26. The van der Waals surface area contributed by atoms with Gasteiger partial charge < -0.3 is 0 Å². The molecule has 0 saturated heterocycles. The van der Waals surface area contributed by atoms with Crippen LogP contribution in [-0.2, 0) is 0 Å². The molecule has 0 saturated carbocycles. The molecule has 222 valence electrons. The standard InChI is InChI=1S/C44H25N3S/c1-2-13-27(14-3-1)42-40-34-20-10-11-21-37(34)48-43(40)46-44(45-42)47-35-24-22-26-12-4-5-15-28(26)39(35)41-36(47)25-23-33-31-18-7-6-16-29(31)30-17-8-9-19-32(30)38(33)41/h1-25H. The molecule has 0 amide bonds. The third kappa shape index (κ3) is 3.47. The Bertz CT molecular complexity index is 3080. The van der Waals surface area contributed by atoms with Crippen molar-refractivity contribution >= 4 is 96.5 Å². The maximum absolute atomic E-state index is 5.47. The van der Waals surface area contributed by atoms with Crippen LogP contribution in [-0.4, -0.2) is 14.5 Å². The first kappa shape index (κ1) is 26.0. The molecule has 0 unspecified atom stereocenters. The van der Waals surface area contributed by atoms with Crippen LogP contribution in [0.25, 0.3) is 102 Å². The van der Waals surface area contributed by atoms with Gasteiger partial charge in [-0.25, -0.2) is 9.97 Å². The fraction of sp³-hybridized carbons (Fsp3) is 0. The predicted octanol–water partition coefficient (Wildman–Crippen LogP) is 12.2. The Balaban J connectivity index is 1.38. The summed E-state index contributed by atoms with van der Waals surface area (Å²) in [5.74, 6) is 0.688. The summed E-state index contributed by atoms with van der Waals surface area (Å²) >= 11 is 1.74. The van der Waals surface area contributed by atoms with Gasteiger partial charge in [0.1, 0.15) is 4.83 Å². The maximum atomic E-state index is 5.47. The van der Waals surface area contributed by atoms with Gasteiger partial charge in [0.2, 0.25) is 5.95 Å². The largest absolute Gasteiger partial charge is 0.278 e. The van der Waals surface area contributed by atoms with Crippen molar-refractivity contribution in [2.45, 2.75) is 0 Å². The molecule has 0 radical (unpaired) electrons. The summed E-state index contributed by atoms with van der Waals surface area (Å²) in [5, 5.41) is 14.8. The zero-order chi connectivity index (χ0) is 31.3. The van der Waals surface area contributed by atoms with Crippen LogP contribution in [0.15, 0.2) is 152 Å². The number of fused-ring (bicyclic) bond motifs is 15. The molecule has 4 heteroatoms. The Morgan fingerprint density at radius 1 is 0.396 bits per heavy atom. The smallest absolute Gasteiger partial charge is 0.236 e. The second kappa shape index (κ2) is 9.71. The van der Waals surface area contributed by atoms with Crippen molar-refractivity contribution in [1.82, 2.24) is 14.5 Å². The molecule has 0 N–H and O–H groups in total. The Labute approximate surface area is 278 Å². The molecular weight excluding hydrogens is 603 g/mol.